The zero-order chi connectivity index (χ0) is 16.8. The number of aryl methyl sites for hydroxylation is 1. The molecule has 4 nitrogen and oxygen atoms in total. The maximum atomic E-state index is 12.1. The zero-order valence-electron chi connectivity index (χ0n) is 13.7. The molecule has 23 heavy (non-hydrogen) atoms. The molecule has 1 heterocycles. The van der Waals surface area contributed by atoms with Crippen molar-refractivity contribution < 1.29 is 4.79 Å². The number of amides is 1. The quantitative estimate of drug-likeness (QED) is 0.815. The number of rotatable bonds is 6. The molecule has 0 radical (unpaired) electrons. The number of anilines is 2. The van der Waals surface area contributed by atoms with Gasteiger partial charge >= 0.3 is 0 Å². The lowest BCUT2D eigenvalue weighted by Gasteiger charge is -2.10. The van der Waals surface area contributed by atoms with Crippen LogP contribution in [0.15, 0.2) is 36.7 Å². The van der Waals surface area contributed by atoms with Gasteiger partial charge in [-0.05, 0) is 43.0 Å². The summed E-state index contributed by atoms with van der Waals surface area (Å²) in [5, 5.41) is 6.82. The van der Waals surface area contributed by atoms with Crippen LogP contribution in [0.4, 0.5) is 11.4 Å². The Bertz CT molecular complexity index is 686. The van der Waals surface area contributed by atoms with Crippen molar-refractivity contribution in [3.63, 3.8) is 0 Å². The molecule has 0 spiro atoms. The maximum absolute atomic E-state index is 12.1. The Morgan fingerprint density at radius 3 is 2.70 bits per heavy atom. The number of hydrogen-bond acceptors (Lipinski definition) is 3. The van der Waals surface area contributed by atoms with Crippen LogP contribution in [0, 0.1) is 12.8 Å². The number of nitrogens with zero attached hydrogens (tertiary/aromatic N) is 1. The van der Waals surface area contributed by atoms with Gasteiger partial charge in [-0.25, -0.2) is 0 Å². The van der Waals surface area contributed by atoms with Gasteiger partial charge in [0.05, 0.1) is 17.4 Å². The lowest BCUT2D eigenvalue weighted by atomic mass is 10.1. The van der Waals surface area contributed by atoms with Crippen LogP contribution < -0.4 is 10.6 Å². The van der Waals surface area contributed by atoms with Crippen LogP contribution in [0.5, 0.6) is 0 Å². The van der Waals surface area contributed by atoms with Crippen molar-refractivity contribution in [2.75, 3.05) is 11.9 Å². The average Bonchev–Trinajstić information content (AvgIpc) is 2.51. The molecule has 1 amide bonds. The van der Waals surface area contributed by atoms with E-state index in [1.165, 1.54) is 0 Å². The predicted molar refractivity (Wildman–Crippen MR) is 95.5 cm³/mol. The van der Waals surface area contributed by atoms with Crippen LogP contribution in [-0.2, 0) is 0 Å². The molecule has 0 unspecified atom stereocenters. The first-order chi connectivity index (χ1) is 11.0. The number of carbonyl (C=O) groups excluding carboxylic acids is 1. The van der Waals surface area contributed by atoms with E-state index in [0.29, 0.717) is 23.0 Å². The predicted octanol–water partition coefficient (Wildman–Crippen LogP) is 4.56. The highest BCUT2D eigenvalue weighted by Crippen LogP contribution is 2.23. The van der Waals surface area contributed by atoms with Crippen LogP contribution in [-0.4, -0.2) is 17.4 Å². The third kappa shape index (κ3) is 5.25. The lowest BCUT2D eigenvalue weighted by molar-refractivity contribution is 0.0951. The number of nitrogens with one attached hydrogen (secondary N) is 2. The number of hydrogen-bond donors (Lipinski definition) is 2. The Labute approximate surface area is 142 Å². The van der Waals surface area contributed by atoms with Crippen molar-refractivity contribution in [1.82, 2.24) is 10.3 Å². The summed E-state index contributed by atoms with van der Waals surface area (Å²) in [5.41, 5.74) is 3.17. The molecular weight excluding hydrogens is 310 g/mol. The topological polar surface area (TPSA) is 54.0 Å². The van der Waals surface area contributed by atoms with Crippen LogP contribution in [0.25, 0.3) is 0 Å². The van der Waals surface area contributed by atoms with E-state index in [0.717, 1.165) is 23.4 Å². The van der Waals surface area contributed by atoms with Crippen molar-refractivity contribution in [1.29, 1.82) is 0 Å². The zero-order valence-corrected chi connectivity index (χ0v) is 14.4. The third-order valence-corrected chi connectivity index (χ3v) is 3.88. The highest BCUT2D eigenvalue weighted by atomic mass is 35.5. The van der Waals surface area contributed by atoms with E-state index in [-0.39, 0.29) is 5.91 Å². The summed E-state index contributed by atoms with van der Waals surface area (Å²) in [6, 6.07) is 7.52. The Morgan fingerprint density at radius 2 is 2.00 bits per heavy atom. The van der Waals surface area contributed by atoms with Crippen molar-refractivity contribution in [2.45, 2.75) is 27.2 Å². The summed E-state index contributed by atoms with van der Waals surface area (Å²) in [6.45, 7) is 6.88. The summed E-state index contributed by atoms with van der Waals surface area (Å²) < 4.78 is 0. The molecule has 0 aliphatic rings. The van der Waals surface area contributed by atoms with Gasteiger partial charge in [-0.1, -0.05) is 31.5 Å². The second-order valence-corrected chi connectivity index (χ2v) is 6.40. The molecule has 2 N–H and O–H groups in total. The second-order valence-electron chi connectivity index (χ2n) is 5.99. The first kappa shape index (κ1) is 17.3. The summed E-state index contributed by atoms with van der Waals surface area (Å²) in [6.07, 6.45) is 4.20. The van der Waals surface area contributed by atoms with Crippen molar-refractivity contribution >= 4 is 28.9 Å². The minimum Gasteiger partial charge on any atom is -0.354 e. The van der Waals surface area contributed by atoms with Crippen molar-refractivity contribution in [2.24, 2.45) is 5.92 Å². The normalized spacial score (nSPS) is 10.7. The van der Waals surface area contributed by atoms with Crippen molar-refractivity contribution in [3.05, 3.63) is 52.8 Å². The van der Waals surface area contributed by atoms with E-state index < -0.39 is 0 Å². The molecule has 2 rings (SSSR count). The minimum atomic E-state index is -0.108. The Hall–Kier alpha value is -2.07. The molecule has 0 atom stereocenters. The van der Waals surface area contributed by atoms with Gasteiger partial charge < -0.3 is 10.6 Å². The van der Waals surface area contributed by atoms with E-state index in [4.69, 9.17) is 11.6 Å². The molecule has 0 aliphatic heterocycles. The van der Waals surface area contributed by atoms with Gasteiger partial charge in [0.1, 0.15) is 0 Å². The first-order valence-corrected chi connectivity index (χ1v) is 8.10. The maximum Gasteiger partial charge on any atom is 0.252 e. The van der Waals surface area contributed by atoms with Gasteiger partial charge in [0.15, 0.2) is 0 Å². The van der Waals surface area contributed by atoms with E-state index in [9.17, 15) is 4.79 Å². The molecule has 2 aromatic rings. The SMILES string of the molecule is Cc1ccc(Nc2cncc(C(=O)NCCC(C)C)c2)cc1Cl. The smallest absolute Gasteiger partial charge is 0.252 e. The molecule has 0 saturated heterocycles. The number of halogens is 1. The largest absolute Gasteiger partial charge is 0.354 e. The third-order valence-electron chi connectivity index (χ3n) is 3.47. The van der Waals surface area contributed by atoms with Gasteiger partial charge in [-0.2, -0.15) is 0 Å². The number of pyridine rings is 1. The van der Waals surface area contributed by atoms with E-state index in [1.54, 1.807) is 18.5 Å². The Balaban J connectivity index is 2.04. The van der Waals surface area contributed by atoms with Gasteiger partial charge in [0.2, 0.25) is 0 Å². The summed E-state index contributed by atoms with van der Waals surface area (Å²) >= 11 is 6.12. The standard InChI is InChI=1S/C18H22ClN3O/c1-12(2)6-7-21-18(23)14-8-16(11-20-10-14)22-15-5-4-13(3)17(19)9-15/h4-5,8-12,22H,6-7H2,1-3H3,(H,21,23). The monoisotopic (exact) mass is 331 g/mol. The molecule has 0 bridgehead atoms. The lowest BCUT2D eigenvalue weighted by Crippen LogP contribution is -2.25. The van der Waals surface area contributed by atoms with Crippen LogP contribution in [0.3, 0.4) is 0 Å². The molecule has 5 heteroatoms. The fourth-order valence-electron chi connectivity index (χ4n) is 2.05. The molecule has 1 aromatic heterocycles. The van der Waals surface area contributed by atoms with Gasteiger partial charge in [0.25, 0.3) is 5.91 Å². The summed E-state index contributed by atoms with van der Waals surface area (Å²) in [4.78, 5) is 16.3. The van der Waals surface area contributed by atoms with E-state index in [2.05, 4.69) is 29.5 Å². The highest BCUT2D eigenvalue weighted by Gasteiger charge is 2.07. The second kappa shape index (κ2) is 7.97. The average molecular weight is 332 g/mol. The number of carbonyl (C=O) groups is 1. The minimum absolute atomic E-state index is 0.108. The van der Waals surface area contributed by atoms with E-state index >= 15 is 0 Å². The summed E-state index contributed by atoms with van der Waals surface area (Å²) in [5.74, 6) is 0.455. The molecule has 0 aliphatic carbocycles. The molecule has 122 valence electrons. The van der Waals surface area contributed by atoms with Gasteiger partial charge in [-0.15, -0.1) is 0 Å². The van der Waals surface area contributed by atoms with Crippen molar-refractivity contribution in [3.8, 4) is 0 Å². The Kier molecular flexibility index (Phi) is 5.99. The Morgan fingerprint density at radius 1 is 1.22 bits per heavy atom. The van der Waals surface area contributed by atoms with Gasteiger partial charge in [-0.3, -0.25) is 9.78 Å². The molecule has 0 saturated carbocycles. The van der Waals surface area contributed by atoms with Crippen LogP contribution in [0.1, 0.15) is 36.2 Å². The molecule has 0 fully saturated rings. The van der Waals surface area contributed by atoms with Gasteiger partial charge in [0, 0.05) is 23.5 Å². The summed E-state index contributed by atoms with van der Waals surface area (Å²) in [7, 11) is 0. The highest BCUT2D eigenvalue weighted by molar-refractivity contribution is 6.31. The van der Waals surface area contributed by atoms with Crippen LogP contribution in [0.2, 0.25) is 5.02 Å². The number of aromatic nitrogens is 1. The molecular formula is C18H22ClN3O. The number of benzene rings is 1. The van der Waals surface area contributed by atoms with Crippen LogP contribution >= 0.6 is 11.6 Å². The first-order valence-electron chi connectivity index (χ1n) is 7.72. The fraction of sp³-hybridized carbons (Fsp3) is 0.333. The molecule has 1 aromatic carbocycles. The van der Waals surface area contributed by atoms with E-state index in [1.807, 2.05) is 25.1 Å². The fourth-order valence-corrected chi connectivity index (χ4v) is 2.23.